The Morgan fingerprint density at radius 2 is 1.52 bits per heavy atom. The van der Waals surface area contributed by atoms with Crippen molar-refractivity contribution in [2.75, 3.05) is 6.61 Å². The van der Waals surface area contributed by atoms with Crippen LogP contribution < -0.4 is 0 Å². The molecule has 0 spiro atoms. The van der Waals surface area contributed by atoms with Crippen LogP contribution in [0.4, 0.5) is 0 Å². The minimum Gasteiger partial charge on any atom is -0.340 e. The highest BCUT2D eigenvalue weighted by atomic mass is 17.1. The summed E-state index contributed by atoms with van der Waals surface area (Å²) < 4.78 is 6.00. The molecule has 0 bridgehead atoms. The minimum absolute atomic E-state index is 0.0824. The van der Waals surface area contributed by atoms with E-state index in [4.69, 9.17) is 9.62 Å². The maximum atomic E-state index is 12.7. The Balaban J connectivity index is 2.10. The molecule has 120 valence electrons. The molecular weight excluding hydrogens is 292 g/mol. The van der Waals surface area contributed by atoms with E-state index in [0.717, 1.165) is 19.3 Å². The van der Waals surface area contributed by atoms with Gasteiger partial charge < -0.3 is 4.74 Å². The van der Waals surface area contributed by atoms with Crippen molar-refractivity contribution in [1.29, 1.82) is 0 Å². The highest BCUT2D eigenvalue weighted by molar-refractivity contribution is 6.12. The summed E-state index contributed by atoms with van der Waals surface area (Å²) in [4.78, 5) is 17.6. The molecule has 0 heterocycles. The van der Waals surface area contributed by atoms with E-state index in [-0.39, 0.29) is 5.78 Å². The van der Waals surface area contributed by atoms with Crippen LogP contribution in [0.15, 0.2) is 48.5 Å². The molecule has 0 fully saturated rings. The monoisotopic (exact) mass is 312 g/mol. The summed E-state index contributed by atoms with van der Waals surface area (Å²) in [5.41, 5.74) is 2.08. The van der Waals surface area contributed by atoms with E-state index in [2.05, 4.69) is 6.92 Å². The maximum absolute atomic E-state index is 12.7. The fourth-order valence-electron chi connectivity index (χ4n) is 3.07. The van der Waals surface area contributed by atoms with E-state index >= 15 is 0 Å². The Bertz CT molecular complexity index is 659. The fourth-order valence-corrected chi connectivity index (χ4v) is 3.07. The number of ketones is 1. The molecule has 4 nitrogen and oxygen atoms in total. The molecule has 3 rings (SSSR count). The molecule has 0 saturated heterocycles. The molecule has 23 heavy (non-hydrogen) atoms. The first-order chi connectivity index (χ1) is 11.2. The normalized spacial score (nSPS) is 15.1. The molecule has 2 aromatic rings. The molecule has 0 aliphatic heterocycles. The summed E-state index contributed by atoms with van der Waals surface area (Å²) in [7, 11) is 0. The summed E-state index contributed by atoms with van der Waals surface area (Å²) >= 11 is 0. The third-order valence-electron chi connectivity index (χ3n) is 4.23. The third-order valence-corrected chi connectivity index (χ3v) is 4.23. The van der Waals surface area contributed by atoms with E-state index in [1.54, 1.807) is 36.4 Å². The summed E-state index contributed by atoms with van der Waals surface area (Å²) in [6.07, 6.45) is 2.96. The van der Waals surface area contributed by atoms with Crippen LogP contribution in [0.25, 0.3) is 0 Å². The SMILES string of the molecule is CCCCCOC1(OO)c2ccccc2C(=O)c2ccccc21. The van der Waals surface area contributed by atoms with E-state index in [0.29, 0.717) is 28.9 Å². The van der Waals surface area contributed by atoms with Crippen LogP contribution in [0.2, 0.25) is 0 Å². The summed E-state index contributed by atoms with van der Waals surface area (Å²) in [6.45, 7) is 2.55. The van der Waals surface area contributed by atoms with Crippen LogP contribution in [0.3, 0.4) is 0 Å². The molecule has 1 aliphatic carbocycles. The van der Waals surface area contributed by atoms with Gasteiger partial charge in [-0.3, -0.25) is 4.79 Å². The molecule has 1 aliphatic rings. The minimum atomic E-state index is -1.45. The van der Waals surface area contributed by atoms with Crippen LogP contribution >= 0.6 is 0 Å². The zero-order valence-electron chi connectivity index (χ0n) is 13.1. The highest BCUT2D eigenvalue weighted by Crippen LogP contribution is 2.43. The molecule has 0 atom stereocenters. The van der Waals surface area contributed by atoms with E-state index in [1.807, 2.05) is 12.1 Å². The molecule has 1 N–H and O–H groups in total. The van der Waals surface area contributed by atoms with Gasteiger partial charge in [0.05, 0.1) is 6.61 Å². The second-order valence-electron chi connectivity index (χ2n) is 5.68. The number of unbranched alkanes of at least 4 members (excludes halogenated alkanes) is 2. The van der Waals surface area contributed by atoms with Gasteiger partial charge in [0.2, 0.25) is 0 Å². The van der Waals surface area contributed by atoms with Gasteiger partial charge >= 0.3 is 0 Å². The van der Waals surface area contributed by atoms with Gasteiger partial charge in [0.15, 0.2) is 5.78 Å². The Kier molecular flexibility index (Phi) is 4.57. The van der Waals surface area contributed by atoms with Crippen molar-refractivity contribution in [3.63, 3.8) is 0 Å². The molecule has 0 unspecified atom stereocenters. The number of fused-ring (bicyclic) bond motifs is 2. The summed E-state index contributed by atoms with van der Waals surface area (Å²) in [5, 5.41) is 9.74. The van der Waals surface area contributed by atoms with Crippen molar-refractivity contribution in [3.8, 4) is 0 Å². The van der Waals surface area contributed by atoms with Crippen LogP contribution in [0.1, 0.15) is 53.2 Å². The lowest BCUT2D eigenvalue weighted by molar-refractivity contribution is -0.396. The maximum Gasteiger partial charge on any atom is 0.255 e. The average Bonchev–Trinajstić information content (AvgIpc) is 2.61. The number of carbonyl (C=O) groups excluding carboxylic acids is 1. The average molecular weight is 312 g/mol. The lowest BCUT2D eigenvalue weighted by Crippen LogP contribution is -2.40. The van der Waals surface area contributed by atoms with Gasteiger partial charge in [-0.05, 0) is 6.42 Å². The fraction of sp³-hybridized carbons (Fsp3) is 0.316. The van der Waals surface area contributed by atoms with Crippen LogP contribution in [0, 0.1) is 0 Å². The molecule has 0 amide bonds. The van der Waals surface area contributed by atoms with Gasteiger partial charge in [-0.2, -0.15) is 4.89 Å². The van der Waals surface area contributed by atoms with Gasteiger partial charge in [-0.25, -0.2) is 5.26 Å². The highest BCUT2D eigenvalue weighted by Gasteiger charge is 2.46. The number of rotatable bonds is 6. The van der Waals surface area contributed by atoms with Crippen molar-refractivity contribution in [2.24, 2.45) is 0 Å². The van der Waals surface area contributed by atoms with E-state index in [9.17, 15) is 10.1 Å². The van der Waals surface area contributed by atoms with Crippen molar-refractivity contribution < 1.29 is 19.7 Å². The molecule has 0 saturated carbocycles. The van der Waals surface area contributed by atoms with Gasteiger partial charge in [-0.15, -0.1) is 0 Å². The van der Waals surface area contributed by atoms with Gasteiger partial charge in [0, 0.05) is 22.3 Å². The number of carbonyl (C=O) groups is 1. The second kappa shape index (κ2) is 6.62. The molecule has 4 heteroatoms. The number of hydrogen-bond donors (Lipinski definition) is 1. The molecule has 2 aromatic carbocycles. The topological polar surface area (TPSA) is 55.8 Å². The van der Waals surface area contributed by atoms with Crippen molar-refractivity contribution in [2.45, 2.75) is 32.0 Å². The second-order valence-corrected chi connectivity index (χ2v) is 5.68. The molecule has 0 aromatic heterocycles. The smallest absolute Gasteiger partial charge is 0.255 e. The van der Waals surface area contributed by atoms with Crippen LogP contribution in [0.5, 0.6) is 0 Å². The zero-order valence-corrected chi connectivity index (χ0v) is 13.1. The van der Waals surface area contributed by atoms with Gasteiger partial charge in [0.25, 0.3) is 5.79 Å². The Hall–Kier alpha value is -2.01. The quantitative estimate of drug-likeness (QED) is 0.377. The van der Waals surface area contributed by atoms with Crippen LogP contribution in [-0.2, 0) is 15.4 Å². The summed E-state index contributed by atoms with van der Waals surface area (Å²) in [6, 6.07) is 14.2. The molecule has 0 radical (unpaired) electrons. The lowest BCUT2D eigenvalue weighted by Gasteiger charge is -2.36. The number of benzene rings is 2. The van der Waals surface area contributed by atoms with Gasteiger partial charge in [0.1, 0.15) is 0 Å². The predicted molar refractivity (Wildman–Crippen MR) is 86.3 cm³/mol. The Labute approximate surface area is 135 Å². The van der Waals surface area contributed by atoms with E-state index < -0.39 is 5.79 Å². The van der Waals surface area contributed by atoms with Crippen molar-refractivity contribution >= 4 is 5.78 Å². The number of hydrogen-bond acceptors (Lipinski definition) is 4. The first-order valence-corrected chi connectivity index (χ1v) is 7.95. The standard InChI is InChI=1S/C19H20O4/c1-2-3-8-13-22-19(23-21)16-11-6-4-9-14(16)18(20)15-10-5-7-12-17(15)19/h4-7,9-12,21H,2-3,8,13H2,1H3. The predicted octanol–water partition coefficient (Wildman–Crippen LogP) is 4.13. The lowest BCUT2D eigenvalue weighted by atomic mass is 9.80. The first-order valence-electron chi connectivity index (χ1n) is 7.95. The largest absolute Gasteiger partial charge is 0.340 e. The van der Waals surface area contributed by atoms with Crippen molar-refractivity contribution in [3.05, 3.63) is 70.8 Å². The van der Waals surface area contributed by atoms with Gasteiger partial charge in [-0.1, -0.05) is 68.3 Å². The molecular formula is C19H20O4. The first kappa shape index (κ1) is 15.9. The zero-order chi connectivity index (χ0) is 16.3. The Morgan fingerprint density at radius 1 is 0.957 bits per heavy atom. The number of ether oxygens (including phenoxy) is 1. The third kappa shape index (κ3) is 2.59. The van der Waals surface area contributed by atoms with E-state index in [1.165, 1.54) is 0 Å². The summed E-state index contributed by atoms with van der Waals surface area (Å²) in [5.74, 6) is -1.53. The Morgan fingerprint density at radius 3 is 2.04 bits per heavy atom. The van der Waals surface area contributed by atoms with Crippen molar-refractivity contribution in [1.82, 2.24) is 0 Å². The van der Waals surface area contributed by atoms with Crippen LogP contribution in [-0.4, -0.2) is 17.6 Å².